The number of hydrogen-bond donors (Lipinski definition) is 1. The number of piperidine rings is 1. The van der Waals surface area contributed by atoms with Gasteiger partial charge in [-0.15, -0.1) is 0 Å². The minimum atomic E-state index is 0.822. The van der Waals surface area contributed by atoms with Crippen LogP contribution in [-0.2, 0) is 0 Å². The molecule has 2 fully saturated rings. The van der Waals surface area contributed by atoms with Gasteiger partial charge in [-0.25, -0.2) is 0 Å². The molecule has 0 aromatic rings. The molecule has 15 heavy (non-hydrogen) atoms. The van der Waals surface area contributed by atoms with Crippen LogP contribution in [0.5, 0.6) is 0 Å². The van der Waals surface area contributed by atoms with Crippen LogP contribution in [0.3, 0.4) is 0 Å². The molecular weight excluding hydrogens is 184 g/mol. The van der Waals surface area contributed by atoms with Crippen molar-refractivity contribution in [2.45, 2.75) is 45.6 Å². The quantitative estimate of drug-likeness (QED) is 0.767. The van der Waals surface area contributed by atoms with Crippen molar-refractivity contribution in [2.24, 2.45) is 11.8 Å². The van der Waals surface area contributed by atoms with Crippen LogP contribution in [-0.4, -0.2) is 37.1 Å². The highest BCUT2D eigenvalue weighted by Gasteiger charge is 2.23. The lowest BCUT2D eigenvalue weighted by Gasteiger charge is -2.37. The topological polar surface area (TPSA) is 15.3 Å². The molecule has 0 amide bonds. The van der Waals surface area contributed by atoms with Crippen LogP contribution in [0.1, 0.15) is 39.5 Å². The van der Waals surface area contributed by atoms with E-state index >= 15 is 0 Å². The van der Waals surface area contributed by atoms with E-state index in [2.05, 4.69) is 24.1 Å². The molecule has 2 rings (SSSR count). The number of nitrogens with zero attached hydrogens (tertiary/aromatic N) is 1. The van der Waals surface area contributed by atoms with Gasteiger partial charge in [0, 0.05) is 6.04 Å². The van der Waals surface area contributed by atoms with Crippen molar-refractivity contribution in [2.75, 3.05) is 26.2 Å². The summed E-state index contributed by atoms with van der Waals surface area (Å²) in [6.07, 6.45) is 5.63. The van der Waals surface area contributed by atoms with E-state index in [1.54, 1.807) is 0 Å². The van der Waals surface area contributed by atoms with Crippen LogP contribution in [0, 0.1) is 11.8 Å². The number of hydrogen-bond acceptors (Lipinski definition) is 2. The summed E-state index contributed by atoms with van der Waals surface area (Å²) in [4.78, 5) is 2.71. The molecule has 2 heteroatoms. The molecule has 2 aliphatic rings. The minimum absolute atomic E-state index is 0.822. The van der Waals surface area contributed by atoms with Crippen molar-refractivity contribution >= 4 is 0 Å². The molecule has 0 spiro atoms. The SMILES string of the molecule is CC1CCN(CCC2CCNC2)C(C)C1. The van der Waals surface area contributed by atoms with Gasteiger partial charge in [0.15, 0.2) is 0 Å². The molecule has 3 unspecified atom stereocenters. The maximum absolute atomic E-state index is 3.46. The summed E-state index contributed by atoms with van der Waals surface area (Å²) in [5, 5.41) is 3.46. The summed E-state index contributed by atoms with van der Waals surface area (Å²) in [5.74, 6) is 1.90. The standard InChI is InChI=1S/C13H26N2/c1-11-4-7-15(12(2)9-11)8-5-13-3-6-14-10-13/h11-14H,3-10H2,1-2H3. The Labute approximate surface area is 94.4 Å². The fourth-order valence-electron chi connectivity index (χ4n) is 3.10. The third-order valence-electron chi connectivity index (χ3n) is 4.26. The van der Waals surface area contributed by atoms with E-state index < -0.39 is 0 Å². The van der Waals surface area contributed by atoms with E-state index in [4.69, 9.17) is 0 Å². The first-order chi connectivity index (χ1) is 7.25. The Morgan fingerprint density at radius 3 is 2.80 bits per heavy atom. The van der Waals surface area contributed by atoms with Crippen molar-refractivity contribution in [1.82, 2.24) is 10.2 Å². The zero-order chi connectivity index (χ0) is 10.7. The van der Waals surface area contributed by atoms with Gasteiger partial charge in [0.1, 0.15) is 0 Å². The summed E-state index contributed by atoms with van der Waals surface area (Å²) >= 11 is 0. The molecule has 0 bridgehead atoms. The summed E-state index contributed by atoms with van der Waals surface area (Å²) in [5.41, 5.74) is 0. The fourth-order valence-corrected chi connectivity index (χ4v) is 3.10. The first-order valence-corrected chi connectivity index (χ1v) is 6.70. The molecule has 2 heterocycles. The first-order valence-electron chi connectivity index (χ1n) is 6.70. The van der Waals surface area contributed by atoms with Gasteiger partial charge in [0.05, 0.1) is 0 Å². The monoisotopic (exact) mass is 210 g/mol. The van der Waals surface area contributed by atoms with Crippen LogP contribution < -0.4 is 5.32 Å². The highest BCUT2D eigenvalue weighted by atomic mass is 15.2. The predicted molar refractivity (Wildman–Crippen MR) is 65.0 cm³/mol. The van der Waals surface area contributed by atoms with Gasteiger partial charge in [-0.2, -0.15) is 0 Å². The summed E-state index contributed by atoms with van der Waals surface area (Å²) in [6, 6.07) is 0.822. The van der Waals surface area contributed by atoms with E-state index in [1.807, 2.05) is 0 Å². The second kappa shape index (κ2) is 5.31. The molecule has 2 aliphatic heterocycles. The summed E-state index contributed by atoms with van der Waals surface area (Å²) < 4.78 is 0. The molecule has 2 nitrogen and oxygen atoms in total. The average molecular weight is 210 g/mol. The van der Waals surface area contributed by atoms with Crippen molar-refractivity contribution in [3.63, 3.8) is 0 Å². The Morgan fingerprint density at radius 2 is 2.13 bits per heavy atom. The molecule has 0 aliphatic carbocycles. The average Bonchev–Trinajstić information content (AvgIpc) is 2.69. The van der Waals surface area contributed by atoms with E-state index in [1.165, 1.54) is 51.9 Å². The Bertz CT molecular complexity index is 187. The number of nitrogens with one attached hydrogen (secondary N) is 1. The van der Waals surface area contributed by atoms with Crippen molar-refractivity contribution in [3.8, 4) is 0 Å². The van der Waals surface area contributed by atoms with Crippen molar-refractivity contribution in [1.29, 1.82) is 0 Å². The molecule has 0 aromatic heterocycles. The molecule has 1 N–H and O–H groups in total. The van der Waals surface area contributed by atoms with Crippen LogP contribution >= 0.6 is 0 Å². The molecular formula is C13H26N2. The van der Waals surface area contributed by atoms with E-state index in [9.17, 15) is 0 Å². The van der Waals surface area contributed by atoms with Crippen molar-refractivity contribution < 1.29 is 0 Å². The van der Waals surface area contributed by atoms with Crippen molar-refractivity contribution in [3.05, 3.63) is 0 Å². The predicted octanol–water partition coefficient (Wildman–Crippen LogP) is 2.11. The summed E-state index contributed by atoms with van der Waals surface area (Å²) in [7, 11) is 0. The smallest absolute Gasteiger partial charge is 0.00694 e. The fraction of sp³-hybridized carbons (Fsp3) is 1.00. The normalized spacial score (nSPS) is 38.4. The number of rotatable bonds is 3. The lowest BCUT2D eigenvalue weighted by Crippen LogP contribution is -2.41. The molecule has 3 atom stereocenters. The Balaban J connectivity index is 1.69. The molecule has 2 saturated heterocycles. The van der Waals surface area contributed by atoms with Crippen LogP contribution in [0.2, 0.25) is 0 Å². The van der Waals surface area contributed by atoms with E-state index in [-0.39, 0.29) is 0 Å². The van der Waals surface area contributed by atoms with Crippen LogP contribution in [0.15, 0.2) is 0 Å². The minimum Gasteiger partial charge on any atom is -0.316 e. The second-order valence-electron chi connectivity index (χ2n) is 5.66. The molecule has 88 valence electrons. The molecule has 0 radical (unpaired) electrons. The van der Waals surface area contributed by atoms with Gasteiger partial charge in [0.25, 0.3) is 0 Å². The third kappa shape index (κ3) is 3.18. The highest BCUT2D eigenvalue weighted by molar-refractivity contribution is 4.79. The maximum atomic E-state index is 3.46. The lowest BCUT2D eigenvalue weighted by atomic mass is 9.92. The van der Waals surface area contributed by atoms with Gasteiger partial charge in [-0.05, 0) is 70.6 Å². The molecule has 0 saturated carbocycles. The maximum Gasteiger partial charge on any atom is 0.00694 e. The summed E-state index contributed by atoms with van der Waals surface area (Å²) in [6.45, 7) is 9.98. The lowest BCUT2D eigenvalue weighted by molar-refractivity contribution is 0.122. The molecule has 0 aromatic carbocycles. The Kier molecular flexibility index (Phi) is 4.04. The van der Waals surface area contributed by atoms with E-state index in [0.717, 1.165) is 17.9 Å². The van der Waals surface area contributed by atoms with Crippen LogP contribution in [0.4, 0.5) is 0 Å². The Morgan fingerprint density at radius 1 is 1.27 bits per heavy atom. The second-order valence-corrected chi connectivity index (χ2v) is 5.66. The highest BCUT2D eigenvalue weighted by Crippen LogP contribution is 2.23. The van der Waals surface area contributed by atoms with Gasteiger partial charge in [-0.1, -0.05) is 6.92 Å². The van der Waals surface area contributed by atoms with Gasteiger partial charge < -0.3 is 10.2 Å². The zero-order valence-electron chi connectivity index (χ0n) is 10.3. The Hall–Kier alpha value is -0.0800. The van der Waals surface area contributed by atoms with E-state index in [0.29, 0.717) is 0 Å². The number of likely N-dealkylation sites (tertiary alicyclic amines) is 1. The largest absolute Gasteiger partial charge is 0.316 e. The van der Waals surface area contributed by atoms with Gasteiger partial charge in [-0.3, -0.25) is 0 Å². The van der Waals surface area contributed by atoms with Gasteiger partial charge >= 0.3 is 0 Å². The van der Waals surface area contributed by atoms with Gasteiger partial charge in [0.2, 0.25) is 0 Å². The van der Waals surface area contributed by atoms with Crippen LogP contribution in [0.25, 0.3) is 0 Å². The zero-order valence-corrected chi connectivity index (χ0v) is 10.3. The first kappa shape index (κ1) is 11.4. The third-order valence-corrected chi connectivity index (χ3v) is 4.26.